The summed E-state index contributed by atoms with van der Waals surface area (Å²) in [6.45, 7) is 6.03. The normalized spacial score (nSPS) is 12.1. The molecule has 0 fully saturated rings. The van der Waals surface area contributed by atoms with E-state index in [1.165, 1.54) is 0 Å². The zero-order valence-corrected chi connectivity index (χ0v) is 25.2. The maximum Gasteiger partial charge on any atom is 0.243 e. The number of benzene rings is 4. The zero-order valence-electron chi connectivity index (χ0n) is 23.7. The van der Waals surface area contributed by atoms with Crippen molar-refractivity contribution in [3.05, 3.63) is 141 Å². The van der Waals surface area contributed by atoms with Gasteiger partial charge >= 0.3 is 0 Å². The zero-order chi connectivity index (χ0) is 29.4. The molecule has 0 aliphatic rings. The molecule has 4 rings (SSSR count). The lowest BCUT2D eigenvalue weighted by atomic mass is 9.87. The highest BCUT2D eigenvalue weighted by molar-refractivity contribution is 6.42. The van der Waals surface area contributed by atoms with E-state index in [1.807, 2.05) is 118 Å². The molecule has 6 heteroatoms. The van der Waals surface area contributed by atoms with Crippen LogP contribution in [0.25, 0.3) is 0 Å². The Balaban J connectivity index is 1.76. The van der Waals surface area contributed by atoms with Gasteiger partial charge in [0.25, 0.3) is 0 Å². The van der Waals surface area contributed by atoms with Crippen molar-refractivity contribution in [1.82, 2.24) is 10.2 Å². The van der Waals surface area contributed by atoms with E-state index in [2.05, 4.69) is 5.32 Å². The third-order valence-electron chi connectivity index (χ3n) is 6.89. The molecule has 1 N–H and O–H groups in total. The predicted molar refractivity (Wildman–Crippen MR) is 168 cm³/mol. The first kappa shape index (κ1) is 30.4. The number of rotatable bonds is 10. The van der Waals surface area contributed by atoms with E-state index in [4.69, 9.17) is 23.2 Å². The van der Waals surface area contributed by atoms with Gasteiger partial charge in [-0.05, 0) is 55.2 Å². The van der Waals surface area contributed by atoms with Gasteiger partial charge in [-0.15, -0.1) is 0 Å². The summed E-state index contributed by atoms with van der Waals surface area (Å²) in [5.41, 5.74) is 3.38. The molecular weight excluding hydrogens is 551 g/mol. The second kappa shape index (κ2) is 13.8. The fraction of sp³-hybridized carbons (Fsp3) is 0.257. The summed E-state index contributed by atoms with van der Waals surface area (Å²) in [6.07, 6.45) is 0.570. The van der Waals surface area contributed by atoms with Crippen LogP contribution in [0.1, 0.15) is 55.4 Å². The van der Waals surface area contributed by atoms with E-state index in [0.717, 1.165) is 22.3 Å². The van der Waals surface area contributed by atoms with E-state index < -0.39 is 11.6 Å². The van der Waals surface area contributed by atoms with Crippen molar-refractivity contribution in [1.29, 1.82) is 0 Å². The number of nitrogens with one attached hydrogen (secondary N) is 1. The molecule has 0 heterocycles. The molecule has 0 spiro atoms. The molecule has 4 nitrogen and oxygen atoms in total. The molecular formula is C35H36Cl2N2O2. The highest BCUT2D eigenvalue weighted by Gasteiger charge is 2.33. The van der Waals surface area contributed by atoms with Gasteiger partial charge in [0.2, 0.25) is 11.8 Å². The van der Waals surface area contributed by atoms with Crippen LogP contribution < -0.4 is 5.32 Å². The Labute approximate surface area is 253 Å². The van der Waals surface area contributed by atoms with E-state index in [0.29, 0.717) is 16.5 Å². The van der Waals surface area contributed by atoms with Gasteiger partial charge in [0.1, 0.15) is 6.04 Å². The van der Waals surface area contributed by atoms with Crippen molar-refractivity contribution in [2.45, 2.75) is 57.7 Å². The molecule has 2 amide bonds. The molecule has 1 unspecified atom stereocenters. The third kappa shape index (κ3) is 8.69. The molecule has 0 saturated heterocycles. The quantitative estimate of drug-likeness (QED) is 0.204. The third-order valence-corrected chi connectivity index (χ3v) is 7.63. The topological polar surface area (TPSA) is 49.4 Å². The lowest BCUT2D eigenvalue weighted by Crippen LogP contribution is -2.54. The summed E-state index contributed by atoms with van der Waals surface area (Å²) in [7, 11) is 0. The smallest absolute Gasteiger partial charge is 0.243 e. The molecule has 1 atom stereocenters. The first-order valence-corrected chi connectivity index (χ1v) is 14.6. The number of hydrogen-bond donors (Lipinski definition) is 1. The van der Waals surface area contributed by atoms with Gasteiger partial charge in [-0.1, -0.05) is 120 Å². The summed E-state index contributed by atoms with van der Waals surface area (Å²) >= 11 is 12.6. The SMILES string of the molecule is CC(C)(C)NC(=O)C(Cc1ccccc1)N(Cc1ccc(Cl)c(Cl)c1)C(=O)CC(c1ccccc1)c1ccccc1. The van der Waals surface area contributed by atoms with Crippen molar-refractivity contribution >= 4 is 35.0 Å². The molecule has 0 radical (unpaired) electrons. The molecule has 4 aromatic carbocycles. The molecule has 4 aromatic rings. The highest BCUT2D eigenvalue weighted by Crippen LogP contribution is 2.30. The van der Waals surface area contributed by atoms with Crippen LogP contribution in [0.15, 0.2) is 109 Å². The van der Waals surface area contributed by atoms with Crippen LogP contribution in [0.4, 0.5) is 0 Å². The standard InChI is InChI=1S/C35H36Cl2N2O2/c1-35(2,3)38-34(41)32(22-25-13-7-4-8-14-25)39(24-26-19-20-30(36)31(37)21-26)33(40)23-29(27-15-9-5-10-16-27)28-17-11-6-12-18-28/h4-21,29,32H,22-24H2,1-3H3,(H,38,41). The van der Waals surface area contributed by atoms with Crippen LogP contribution in [0, 0.1) is 0 Å². The van der Waals surface area contributed by atoms with E-state index >= 15 is 0 Å². The van der Waals surface area contributed by atoms with Crippen molar-refractivity contribution in [2.75, 3.05) is 0 Å². The van der Waals surface area contributed by atoms with Gasteiger partial charge in [-0.2, -0.15) is 0 Å². The van der Waals surface area contributed by atoms with E-state index in [9.17, 15) is 9.59 Å². The fourth-order valence-electron chi connectivity index (χ4n) is 4.93. The van der Waals surface area contributed by atoms with Gasteiger partial charge in [-0.25, -0.2) is 0 Å². The Hall–Kier alpha value is -3.60. The number of hydrogen-bond acceptors (Lipinski definition) is 2. The number of nitrogens with zero attached hydrogens (tertiary/aromatic N) is 1. The van der Waals surface area contributed by atoms with Crippen molar-refractivity contribution in [2.24, 2.45) is 0 Å². The van der Waals surface area contributed by atoms with Gasteiger partial charge in [0, 0.05) is 30.8 Å². The summed E-state index contributed by atoms with van der Waals surface area (Å²) in [6, 6.07) is 34.4. The van der Waals surface area contributed by atoms with Crippen molar-refractivity contribution in [3.63, 3.8) is 0 Å². The van der Waals surface area contributed by atoms with Crippen molar-refractivity contribution < 1.29 is 9.59 Å². The molecule has 0 aliphatic carbocycles. The Kier molecular flexibility index (Phi) is 10.3. The number of halogens is 2. The molecule has 41 heavy (non-hydrogen) atoms. The lowest BCUT2D eigenvalue weighted by Gasteiger charge is -2.35. The molecule has 212 valence electrons. The van der Waals surface area contributed by atoms with Crippen LogP contribution in [-0.4, -0.2) is 28.3 Å². The number of carbonyl (C=O) groups excluding carboxylic acids is 2. The number of carbonyl (C=O) groups is 2. The van der Waals surface area contributed by atoms with Gasteiger partial charge < -0.3 is 10.2 Å². The van der Waals surface area contributed by atoms with E-state index in [1.54, 1.807) is 17.0 Å². The maximum atomic E-state index is 14.4. The second-order valence-corrected chi connectivity index (χ2v) is 12.1. The van der Waals surface area contributed by atoms with Gasteiger partial charge in [0.15, 0.2) is 0 Å². The molecule has 0 saturated carbocycles. The Morgan fingerprint density at radius 1 is 0.732 bits per heavy atom. The first-order chi connectivity index (χ1) is 19.6. The monoisotopic (exact) mass is 586 g/mol. The minimum Gasteiger partial charge on any atom is -0.350 e. The average Bonchev–Trinajstić information content (AvgIpc) is 2.96. The summed E-state index contributed by atoms with van der Waals surface area (Å²) in [4.78, 5) is 30.0. The van der Waals surface area contributed by atoms with Gasteiger partial charge in [-0.3, -0.25) is 9.59 Å². The maximum absolute atomic E-state index is 14.4. The fourth-order valence-corrected chi connectivity index (χ4v) is 5.25. The second-order valence-electron chi connectivity index (χ2n) is 11.3. The highest BCUT2D eigenvalue weighted by atomic mass is 35.5. The van der Waals surface area contributed by atoms with Crippen LogP contribution in [0.5, 0.6) is 0 Å². The minimum absolute atomic E-state index is 0.126. The number of amides is 2. The molecule has 0 aromatic heterocycles. The van der Waals surface area contributed by atoms with Gasteiger partial charge in [0.05, 0.1) is 10.0 Å². The summed E-state index contributed by atoms with van der Waals surface area (Å²) in [5, 5.41) is 3.96. The van der Waals surface area contributed by atoms with Crippen LogP contribution >= 0.6 is 23.2 Å². The lowest BCUT2D eigenvalue weighted by molar-refractivity contribution is -0.142. The van der Waals surface area contributed by atoms with Crippen LogP contribution in [-0.2, 0) is 22.6 Å². The predicted octanol–water partition coefficient (Wildman–Crippen LogP) is 8.07. The minimum atomic E-state index is -0.745. The summed E-state index contributed by atoms with van der Waals surface area (Å²) < 4.78 is 0. The molecule has 0 bridgehead atoms. The Morgan fingerprint density at radius 2 is 1.27 bits per heavy atom. The average molecular weight is 588 g/mol. The van der Waals surface area contributed by atoms with Crippen LogP contribution in [0.3, 0.4) is 0 Å². The van der Waals surface area contributed by atoms with E-state index in [-0.39, 0.29) is 30.7 Å². The largest absolute Gasteiger partial charge is 0.350 e. The van der Waals surface area contributed by atoms with Crippen molar-refractivity contribution in [3.8, 4) is 0 Å². The Morgan fingerprint density at radius 3 is 1.78 bits per heavy atom. The Bertz CT molecular complexity index is 1400. The summed E-state index contributed by atoms with van der Waals surface area (Å²) in [5.74, 6) is -0.506. The van der Waals surface area contributed by atoms with Crippen LogP contribution in [0.2, 0.25) is 10.0 Å². The first-order valence-electron chi connectivity index (χ1n) is 13.8. The molecule has 0 aliphatic heterocycles.